The molecule has 1 saturated carbocycles. The Bertz CT molecular complexity index is 706. The van der Waals surface area contributed by atoms with E-state index in [-0.39, 0.29) is 11.8 Å². The van der Waals surface area contributed by atoms with Gasteiger partial charge in [0.2, 0.25) is 5.91 Å². The molecule has 0 bridgehead atoms. The first kappa shape index (κ1) is 13.9. The van der Waals surface area contributed by atoms with Gasteiger partial charge in [0.15, 0.2) is 0 Å². The van der Waals surface area contributed by atoms with Crippen LogP contribution in [0.1, 0.15) is 29.4 Å². The number of nitrogens with two attached hydrogens (primary N) is 1. The summed E-state index contributed by atoms with van der Waals surface area (Å²) in [5, 5.41) is 6.56. The lowest BCUT2D eigenvalue weighted by Crippen LogP contribution is -2.45. The molecule has 110 valence electrons. The Hall–Kier alpha value is -2.08. The summed E-state index contributed by atoms with van der Waals surface area (Å²) in [6.07, 6.45) is 2.06. The van der Waals surface area contributed by atoms with Crippen molar-refractivity contribution in [2.24, 2.45) is 0 Å². The molecule has 4 N–H and O–H groups in total. The van der Waals surface area contributed by atoms with Crippen molar-refractivity contribution in [2.45, 2.75) is 31.8 Å². The monoisotopic (exact) mass is 303 g/mol. The number of hydrogen-bond acceptors (Lipinski definition) is 4. The Kier molecular flexibility index (Phi) is 3.55. The molecular weight excluding hydrogens is 286 g/mol. The van der Waals surface area contributed by atoms with E-state index in [1.165, 1.54) is 11.3 Å². The largest absolute Gasteiger partial charge is 0.399 e. The van der Waals surface area contributed by atoms with Crippen molar-refractivity contribution < 1.29 is 9.59 Å². The van der Waals surface area contributed by atoms with Crippen LogP contribution in [0.15, 0.2) is 24.3 Å². The van der Waals surface area contributed by atoms with Crippen LogP contribution in [0, 0.1) is 0 Å². The van der Waals surface area contributed by atoms with Crippen LogP contribution in [0.3, 0.4) is 0 Å². The topological polar surface area (TPSA) is 84.2 Å². The molecule has 0 spiro atoms. The van der Waals surface area contributed by atoms with Gasteiger partial charge in [-0.05, 0) is 49.4 Å². The quantitative estimate of drug-likeness (QED) is 0.754. The van der Waals surface area contributed by atoms with Gasteiger partial charge in [0, 0.05) is 16.4 Å². The van der Waals surface area contributed by atoms with Crippen LogP contribution < -0.4 is 16.4 Å². The first-order valence-corrected chi connectivity index (χ1v) is 7.75. The minimum absolute atomic E-state index is 0.129. The summed E-state index contributed by atoms with van der Waals surface area (Å²) in [5.74, 6) is -0.357. The van der Waals surface area contributed by atoms with Gasteiger partial charge in [0.1, 0.15) is 6.04 Å². The molecule has 1 aliphatic carbocycles. The predicted octanol–water partition coefficient (Wildman–Crippen LogP) is 1.88. The van der Waals surface area contributed by atoms with E-state index >= 15 is 0 Å². The van der Waals surface area contributed by atoms with E-state index in [0.717, 1.165) is 22.9 Å². The molecule has 21 heavy (non-hydrogen) atoms. The fraction of sp³-hybridized carbons (Fsp3) is 0.333. The smallest absolute Gasteiger partial charge is 0.262 e. The van der Waals surface area contributed by atoms with Gasteiger partial charge in [0.25, 0.3) is 5.91 Å². The molecule has 2 aromatic rings. The third-order valence-electron chi connectivity index (χ3n) is 3.43. The number of rotatable bonds is 4. The molecule has 1 aromatic carbocycles. The maximum Gasteiger partial charge on any atom is 0.262 e. The number of nitrogen functional groups attached to an aromatic ring is 1. The van der Waals surface area contributed by atoms with Crippen LogP contribution in [0.2, 0.25) is 0 Å². The Labute approximate surface area is 126 Å². The Balaban J connectivity index is 1.69. The van der Waals surface area contributed by atoms with Crippen molar-refractivity contribution >= 4 is 38.9 Å². The molecule has 1 heterocycles. The van der Waals surface area contributed by atoms with Crippen LogP contribution in [-0.4, -0.2) is 23.9 Å². The molecule has 1 aromatic heterocycles. The molecule has 6 heteroatoms. The number of carbonyl (C=O) groups is 2. The summed E-state index contributed by atoms with van der Waals surface area (Å²) in [7, 11) is 0. The standard InChI is InChI=1S/C15H17N3O2S/c1-8(14(19)18-11-3-4-11)17-15(20)13-7-9-6-10(16)2-5-12(9)21-13/h2,5-8,11H,3-4,16H2,1H3,(H,17,20)(H,18,19). The zero-order valence-corrected chi connectivity index (χ0v) is 12.5. The fourth-order valence-electron chi connectivity index (χ4n) is 2.06. The molecule has 2 amide bonds. The van der Waals surface area contributed by atoms with Crippen LogP contribution in [0.5, 0.6) is 0 Å². The van der Waals surface area contributed by atoms with Crippen LogP contribution in [0.25, 0.3) is 10.1 Å². The Morgan fingerprint density at radius 1 is 1.33 bits per heavy atom. The summed E-state index contributed by atoms with van der Waals surface area (Å²) in [4.78, 5) is 24.6. The summed E-state index contributed by atoms with van der Waals surface area (Å²) in [5.41, 5.74) is 6.40. The van der Waals surface area contributed by atoms with E-state index in [2.05, 4.69) is 10.6 Å². The van der Waals surface area contributed by atoms with Gasteiger partial charge >= 0.3 is 0 Å². The minimum Gasteiger partial charge on any atom is -0.399 e. The SMILES string of the molecule is CC(NC(=O)c1cc2cc(N)ccc2s1)C(=O)NC1CC1. The lowest BCUT2D eigenvalue weighted by atomic mass is 10.2. The van der Waals surface area contributed by atoms with Crippen molar-refractivity contribution in [3.05, 3.63) is 29.1 Å². The van der Waals surface area contributed by atoms with Gasteiger partial charge in [-0.2, -0.15) is 0 Å². The number of anilines is 1. The molecule has 5 nitrogen and oxygen atoms in total. The van der Waals surface area contributed by atoms with Crippen molar-refractivity contribution in [1.29, 1.82) is 0 Å². The fourth-order valence-corrected chi connectivity index (χ4v) is 3.01. The maximum absolute atomic E-state index is 12.2. The van der Waals surface area contributed by atoms with Gasteiger partial charge in [-0.25, -0.2) is 0 Å². The summed E-state index contributed by atoms with van der Waals surface area (Å²) in [6, 6.07) is 7.11. The molecule has 0 radical (unpaired) electrons. The predicted molar refractivity (Wildman–Crippen MR) is 84.3 cm³/mol. The zero-order valence-electron chi connectivity index (χ0n) is 11.7. The number of benzene rings is 1. The van der Waals surface area contributed by atoms with Crippen molar-refractivity contribution in [1.82, 2.24) is 10.6 Å². The highest BCUT2D eigenvalue weighted by Gasteiger charge is 2.26. The van der Waals surface area contributed by atoms with E-state index in [1.807, 2.05) is 18.2 Å². The summed E-state index contributed by atoms with van der Waals surface area (Å²) < 4.78 is 1.00. The van der Waals surface area contributed by atoms with Gasteiger partial charge < -0.3 is 16.4 Å². The average Bonchev–Trinajstić information content (AvgIpc) is 3.14. The molecule has 0 saturated heterocycles. The van der Waals surface area contributed by atoms with Crippen LogP contribution >= 0.6 is 11.3 Å². The molecule has 1 atom stereocenters. The van der Waals surface area contributed by atoms with Crippen molar-refractivity contribution in [3.63, 3.8) is 0 Å². The molecule has 1 aliphatic rings. The number of carbonyl (C=O) groups excluding carboxylic acids is 2. The Morgan fingerprint density at radius 3 is 2.81 bits per heavy atom. The van der Waals surface area contributed by atoms with Crippen molar-refractivity contribution in [3.8, 4) is 0 Å². The van der Waals surface area contributed by atoms with Crippen LogP contribution in [-0.2, 0) is 4.79 Å². The van der Waals surface area contributed by atoms with Gasteiger partial charge in [-0.15, -0.1) is 11.3 Å². The van der Waals surface area contributed by atoms with E-state index in [9.17, 15) is 9.59 Å². The number of nitrogens with one attached hydrogen (secondary N) is 2. The second kappa shape index (κ2) is 5.37. The molecule has 0 aliphatic heterocycles. The Morgan fingerprint density at radius 2 is 2.10 bits per heavy atom. The third-order valence-corrected chi connectivity index (χ3v) is 4.54. The van der Waals surface area contributed by atoms with E-state index in [1.54, 1.807) is 13.0 Å². The van der Waals surface area contributed by atoms with E-state index in [4.69, 9.17) is 5.73 Å². The molecule has 1 unspecified atom stereocenters. The maximum atomic E-state index is 12.2. The highest BCUT2D eigenvalue weighted by Crippen LogP contribution is 2.27. The number of amides is 2. The molecule has 3 rings (SSSR count). The zero-order chi connectivity index (χ0) is 15.0. The lowest BCUT2D eigenvalue weighted by Gasteiger charge is -2.12. The second-order valence-corrected chi connectivity index (χ2v) is 6.47. The average molecular weight is 303 g/mol. The summed E-state index contributed by atoms with van der Waals surface area (Å²) in [6.45, 7) is 1.70. The number of hydrogen-bond donors (Lipinski definition) is 3. The normalized spacial score (nSPS) is 15.7. The van der Waals surface area contributed by atoms with Crippen molar-refractivity contribution in [2.75, 3.05) is 5.73 Å². The van der Waals surface area contributed by atoms with Gasteiger partial charge in [0.05, 0.1) is 4.88 Å². The van der Waals surface area contributed by atoms with Crippen LogP contribution in [0.4, 0.5) is 5.69 Å². The van der Waals surface area contributed by atoms with Gasteiger partial charge in [-0.3, -0.25) is 9.59 Å². The second-order valence-electron chi connectivity index (χ2n) is 5.39. The van der Waals surface area contributed by atoms with E-state index in [0.29, 0.717) is 16.6 Å². The first-order chi connectivity index (χ1) is 10.0. The van der Waals surface area contributed by atoms with E-state index < -0.39 is 6.04 Å². The first-order valence-electron chi connectivity index (χ1n) is 6.93. The highest BCUT2D eigenvalue weighted by atomic mass is 32.1. The van der Waals surface area contributed by atoms with Gasteiger partial charge in [-0.1, -0.05) is 0 Å². The highest BCUT2D eigenvalue weighted by molar-refractivity contribution is 7.20. The minimum atomic E-state index is -0.534. The summed E-state index contributed by atoms with van der Waals surface area (Å²) >= 11 is 1.39. The molecule has 1 fully saturated rings. The number of fused-ring (bicyclic) bond motifs is 1. The number of thiophene rings is 1. The molecular formula is C15H17N3O2S. The lowest BCUT2D eigenvalue weighted by molar-refractivity contribution is -0.122. The third kappa shape index (κ3) is 3.16.